The maximum absolute atomic E-state index is 13.1. The van der Waals surface area contributed by atoms with E-state index in [2.05, 4.69) is 15.9 Å². The Balaban J connectivity index is 2.42. The smallest absolute Gasteiger partial charge is 0.314 e. The second-order valence-corrected chi connectivity index (χ2v) is 5.14. The summed E-state index contributed by atoms with van der Waals surface area (Å²) in [5.74, 6) is -0.192. The second kappa shape index (κ2) is 5.58. The van der Waals surface area contributed by atoms with Crippen molar-refractivity contribution in [2.75, 3.05) is 0 Å². The molecule has 0 radical (unpaired) electrons. The summed E-state index contributed by atoms with van der Waals surface area (Å²) in [7, 11) is 0. The van der Waals surface area contributed by atoms with Gasteiger partial charge in [-0.15, -0.1) is 0 Å². The Morgan fingerprint density at radius 1 is 1.20 bits per heavy atom. The largest absolute Gasteiger partial charge is 0.450 e. The molecule has 0 amide bonds. The van der Waals surface area contributed by atoms with Crippen molar-refractivity contribution in [2.45, 2.75) is 13.8 Å². The molecule has 0 fully saturated rings. The van der Waals surface area contributed by atoms with E-state index in [1.165, 1.54) is 6.07 Å². The fraction of sp³-hybridized carbons (Fsp3) is 0.143. The molecule has 0 saturated heterocycles. The second-order valence-electron chi connectivity index (χ2n) is 4.34. The first kappa shape index (κ1) is 14.5. The van der Waals surface area contributed by atoms with Crippen LogP contribution in [0.3, 0.4) is 0 Å². The van der Waals surface area contributed by atoms with Gasteiger partial charge in [-0.3, -0.25) is 10.1 Å². The van der Waals surface area contributed by atoms with Crippen LogP contribution < -0.4 is 4.74 Å². The van der Waals surface area contributed by atoms with E-state index in [-0.39, 0.29) is 5.75 Å². The van der Waals surface area contributed by atoms with Crippen LogP contribution in [-0.2, 0) is 0 Å². The molecule has 0 heterocycles. The zero-order chi connectivity index (χ0) is 14.9. The van der Waals surface area contributed by atoms with Crippen molar-refractivity contribution in [3.8, 4) is 11.5 Å². The number of halogens is 2. The number of rotatable bonds is 3. The first-order valence-electron chi connectivity index (χ1n) is 5.77. The third-order valence-corrected chi connectivity index (χ3v) is 4.01. The molecular formula is C14H11BrFNO3. The van der Waals surface area contributed by atoms with Gasteiger partial charge in [0.2, 0.25) is 5.75 Å². The lowest BCUT2D eigenvalue weighted by molar-refractivity contribution is -0.385. The summed E-state index contributed by atoms with van der Waals surface area (Å²) in [4.78, 5) is 10.2. The highest BCUT2D eigenvalue weighted by Crippen LogP contribution is 2.34. The Labute approximate surface area is 123 Å². The van der Waals surface area contributed by atoms with Gasteiger partial charge >= 0.3 is 5.69 Å². The lowest BCUT2D eigenvalue weighted by atomic mass is 10.1. The van der Waals surface area contributed by atoms with Crippen molar-refractivity contribution in [3.05, 3.63) is 61.9 Å². The lowest BCUT2D eigenvalue weighted by Crippen LogP contribution is -1.95. The predicted octanol–water partition coefficient (Wildman–Crippen LogP) is 4.91. The number of nitrogens with zero attached hydrogens (tertiary/aromatic N) is 1. The van der Waals surface area contributed by atoms with E-state index in [0.29, 0.717) is 5.75 Å². The number of aryl methyl sites for hydroxylation is 2. The number of benzene rings is 2. The van der Waals surface area contributed by atoms with Gasteiger partial charge in [-0.1, -0.05) is 15.9 Å². The average Bonchev–Trinajstić information content (AvgIpc) is 2.37. The predicted molar refractivity (Wildman–Crippen MR) is 76.7 cm³/mol. The SMILES string of the molecule is Cc1cc(Oc2ccc(F)cc2[N+](=O)[O-])cc(C)c1Br. The summed E-state index contributed by atoms with van der Waals surface area (Å²) in [5, 5.41) is 10.9. The van der Waals surface area contributed by atoms with Crippen molar-refractivity contribution in [3.63, 3.8) is 0 Å². The van der Waals surface area contributed by atoms with Gasteiger partial charge in [0.1, 0.15) is 11.6 Å². The summed E-state index contributed by atoms with van der Waals surface area (Å²) in [6.07, 6.45) is 0. The number of hydrogen-bond acceptors (Lipinski definition) is 3. The van der Waals surface area contributed by atoms with Crippen molar-refractivity contribution >= 4 is 21.6 Å². The molecule has 2 rings (SSSR count). The van der Waals surface area contributed by atoms with Crippen LogP contribution in [0.25, 0.3) is 0 Å². The van der Waals surface area contributed by atoms with E-state index in [4.69, 9.17) is 4.74 Å². The topological polar surface area (TPSA) is 52.4 Å². The van der Waals surface area contributed by atoms with Crippen molar-refractivity contribution in [1.82, 2.24) is 0 Å². The molecule has 2 aromatic rings. The molecule has 104 valence electrons. The van der Waals surface area contributed by atoms with Crippen molar-refractivity contribution in [2.24, 2.45) is 0 Å². The third-order valence-electron chi connectivity index (χ3n) is 2.76. The van der Waals surface area contributed by atoms with Crippen LogP contribution in [0.15, 0.2) is 34.8 Å². The molecule has 0 saturated carbocycles. The highest BCUT2D eigenvalue weighted by Gasteiger charge is 2.17. The Bertz CT molecular complexity index is 665. The van der Waals surface area contributed by atoms with Gasteiger partial charge < -0.3 is 4.74 Å². The number of nitro benzene ring substituents is 1. The van der Waals surface area contributed by atoms with Crippen LogP contribution in [0.1, 0.15) is 11.1 Å². The minimum absolute atomic E-state index is 0.0116. The Morgan fingerprint density at radius 2 is 1.80 bits per heavy atom. The molecule has 0 aromatic heterocycles. The zero-order valence-electron chi connectivity index (χ0n) is 10.8. The Morgan fingerprint density at radius 3 is 2.35 bits per heavy atom. The van der Waals surface area contributed by atoms with Gasteiger partial charge in [-0.25, -0.2) is 4.39 Å². The van der Waals surface area contributed by atoms with Gasteiger partial charge in [0.25, 0.3) is 0 Å². The van der Waals surface area contributed by atoms with Crippen LogP contribution in [0, 0.1) is 29.8 Å². The molecule has 2 aromatic carbocycles. The quantitative estimate of drug-likeness (QED) is 0.589. The zero-order valence-corrected chi connectivity index (χ0v) is 12.4. The molecule has 0 bridgehead atoms. The third kappa shape index (κ3) is 2.96. The van der Waals surface area contributed by atoms with Gasteiger partial charge in [0.15, 0.2) is 0 Å². The van der Waals surface area contributed by atoms with E-state index in [1.807, 2.05) is 13.8 Å². The number of ether oxygens (including phenoxy) is 1. The van der Waals surface area contributed by atoms with Gasteiger partial charge in [0, 0.05) is 4.47 Å². The molecule has 6 heteroatoms. The lowest BCUT2D eigenvalue weighted by Gasteiger charge is -2.10. The minimum atomic E-state index is -0.674. The summed E-state index contributed by atoms with van der Waals surface area (Å²) < 4.78 is 19.5. The average molecular weight is 340 g/mol. The fourth-order valence-electron chi connectivity index (χ4n) is 1.81. The standard InChI is InChI=1S/C14H11BrFNO3/c1-8-5-11(6-9(2)14(8)15)20-13-4-3-10(16)7-12(13)17(18)19/h3-7H,1-2H3. The summed E-state index contributed by atoms with van der Waals surface area (Å²) >= 11 is 3.43. The molecule has 0 N–H and O–H groups in total. The van der Waals surface area contributed by atoms with E-state index in [0.717, 1.165) is 27.7 Å². The summed E-state index contributed by atoms with van der Waals surface area (Å²) in [6, 6.07) is 6.73. The fourth-order valence-corrected chi connectivity index (χ4v) is 2.04. The molecule has 4 nitrogen and oxygen atoms in total. The molecule has 0 aliphatic rings. The molecule has 0 atom stereocenters. The van der Waals surface area contributed by atoms with Crippen molar-refractivity contribution < 1.29 is 14.1 Å². The van der Waals surface area contributed by atoms with Crippen LogP contribution in [-0.4, -0.2) is 4.92 Å². The van der Waals surface area contributed by atoms with Gasteiger partial charge in [-0.05, 0) is 49.2 Å². The molecule has 0 aliphatic heterocycles. The maximum Gasteiger partial charge on any atom is 0.314 e. The van der Waals surface area contributed by atoms with Gasteiger partial charge in [-0.2, -0.15) is 0 Å². The maximum atomic E-state index is 13.1. The summed E-state index contributed by atoms with van der Waals surface area (Å²) in [5.41, 5.74) is 1.50. The van der Waals surface area contributed by atoms with Gasteiger partial charge in [0.05, 0.1) is 11.0 Å². The van der Waals surface area contributed by atoms with Crippen molar-refractivity contribution in [1.29, 1.82) is 0 Å². The summed E-state index contributed by atoms with van der Waals surface area (Å²) in [6.45, 7) is 3.78. The van der Waals surface area contributed by atoms with Crippen LogP contribution in [0.5, 0.6) is 11.5 Å². The van der Waals surface area contributed by atoms with Crippen LogP contribution in [0.4, 0.5) is 10.1 Å². The monoisotopic (exact) mass is 339 g/mol. The Hall–Kier alpha value is -1.95. The van der Waals surface area contributed by atoms with Crippen LogP contribution >= 0.6 is 15.9 Å². The highest BCUT2D eigenvalue weighted by atomic mass is 79.9. The molecule has 0 aliphatic carbocycles. The Kier molecular flexibility index (Phi) is 4.04. The number of hydrogen-bond donors (Lipinski definition) is 0. The molecular weight excluding hydrogens is 329 g/mol. The normalized spacial score (nSPS) is 10.4. The molecule has 0 spiro atoms. The van der Waals surface area contributed by atoms with Crippen LogP contribution in [0.2, 0.25) is 0 Å². The molecule has 20 heavy (non-hydrogen) atoms. The first-order chi connectivity index (χ1) is 9.38. The van der Waals surface area contributed by atoms with E-state index >= 15 is 0 Å². The van der Waals surface area contributed by atoms with E-state index in [9.17, 15) is 14.5 Å². The van der Waals surface area contributed by atoms with E-state index in [1.54, 1.807) is 12.1 Å². The van der Waals surface area contributed by atoms with E-state index < -0.39 is 16.4 Å². The highest BCUT2D eigenvalue weighted by molar-refractivity contribution is 9.10. The number of nitro groups is 1. The molecule has 0 unspecified atom stereocenters. The first-order valence-corrected chi connectivity index (χ1v) is 6.56. The minimum Gasteiger partial charge on any atom is -0.450 e.